The van der Waals surface area contributed by atoms with Crippen molar-refractivity contribution in [3.63, 3.8) is 0 Å². The number of para-hydroxylation sites is 1. The van der Waals surface area contributed by atoms with E-state index in [2.05, 4.69) is 34.4 Å². The Hall–Kier alpha value is -1.24. The van der Waals surface area contributed by atoms with E-state index in [1.54, 1.807) is 0 Å². The van der Waals surface area contributed by atoms with Gasteiger partial charge in [0.15, 0.2) is 3.95 Å². The van der Waals surface area contributed by atoms with Crippen molar-refractivity contribution in [1.82, 2.24) is 14.7 Å². The summed E-state index contributed by atoms with van der Waals surface area (Å²) in [5.74, 6) is 0. The van der Waals surface area contributed by atoms with Crippen LogP contribution in [0.5, 0.6) is 0 Å². The molecule has 3 rings (SSSR count). The molecule has 2 aromatic rings. The number of likely N-dealkylation sites (tertiary alicyclic amines) is 1. The summed E-state index contributed by atoms with van der Waals surface area (Å²) >= 11 is 6.98. The van der Waals surface area contributed by atoms with E-state index in [1.165, 1.54) is 36.2 Å². The molecule has 112 valence electrons. The van der Waals surface area contributed by atoms with E-state index in [0.29, 0.717) is 0 Å². The predicted molar refractivity (Wildman–Crippen MR) is 90.8 cm³/mol. The Morgan fingerprint density at radius 2 is 2.00 bits per heavy atom. The predicted octanol–water partition coefficient (Wildman–Crippen LogP) is 4.17. The molecule has 1 aliphatic heterocycles. The van der Waals surface area contributed by atoms with E-state index in [0.717, 1.165) is 34.5 Å². The Kier molecular flexibility index (Phi) is 4.67. The zero-order chi connectivity index (χ0) is 14.7. The van der Waals surface area contributed by atoms with Gasteiger partial charge in [-0.2, -0.15) is 0 Å². The third kappa shape index (κ3) is 3.70. The minimum atomic E-state index is 0.810. The van der Waals surface area contributed by atoms with Crippen LogP contribution in [-0.4, -0.2) is 27.8 Å². The lowest BCUT2D eigenvalue weighted by molar-refractivity contribution is 0.173. The maximum atomic E-state index is 5.44. The number of aryl methyl sites for hydroxylation is 1. The number of hydrogen-bond acceptors (Lipinski definition) is 5. The molecule has 0 unspecified atom stereocenters. The van der Waals surface area contributed by atoms with Crippen LogP contribution >= 0.6 is 23.6 Å². The third-order valence-electron chi connectivity index (χ3n) is 3.78. The quantitative estimate of drug-likeness (QED) is 0.857. The summed E-state index contributed by atoms with van der Waals surface area (Å²) in [5.41, 5.74) is 2.30. The molecule has 1 aromatic heterocycles. The molecule has 0 spiro atoms. The zero-order valence-electron chi connectivity index (χ0n) is 12.2. The van der Waals surface area contributed by atoms with Crippen molar-refractivity contribution in [2.75, 3.05) is 18.4 Å². The molecule has 0 radical (unpaired) electrons. The SMILES string of the molecule is Cc1ccccc1Nc1nn(CN2CCCCC2)c(=S)s1. The maximum absolute atomic E-state index is 5.44. The first-order valence-corrected chi connectivity index (χ1v) is 8.58. The first-order chi connectivity index (χ1) is 10.2. The summed E-state index contributed by atoms with van der Waals surface area (Å²) in [7, 11) is 0. The highest BCUT2D eigenvalue weighted by Gasteiger charge is 2.12. The highest BCUT2D eigenvalue weighted by molar-refractivity contribution is 7.73. The molecule has 1 aliphatic rings. The number of rotatable bonds is 4. The van der Waals surface area contributed by atoms with Crippen molar-refractivity contribution < 1.29 is 0 Å². The van der Waals surface area contributed by atoms with Crippen molar-refractivity contribution in [3.8, 4) is 0 Å². The van der Waals surface area contributed by atoms with Gasteiger partial charge in [0.1, 0.15) is 0 Å². The van der Waals surface area contributed by atoms with Gasteiger partial charge in [-0.15, -0.1) is 5.10 Å². The minimum Gasteiger partial charge on any atom is -0.330 e. The van der Waals surface area contributed by atoms with Gasteiger partial charge in [-0.25, -0.2) is 4.68 Å². The van der Waals surface area contributed by atoms with Gasteiger partial charge < -0.3 is 5.32 Å². The second kappa shape index (κ2) is 6.68. The number of benzene rings is 1. The number of nitrogens with zero attached hydrogens (tertiary/aromatic N) is 3. The molecule has 0 atom stereocenters. The average Bonchev–Trinajstić information content (AvgIpc) is 2.82. The normalized spacial score (nSPS) is 16.0. The van der Waals surface area contributed by atoms with Crippen molar-refractivity contribution in [1.29, 1.82) is 0 Å². The molecule has 1 aromatic carbocycles. The molecule has 0 bridgehead atoms. The lowest BCUT2D eigenvalue weighted by Crippen LogP contribution is -2.32. The molecular weight excluding hydrogens is 300 g/mol. The standard InChI is InChI=1S/C15H20N4S2/c1-12-7-3-4-8-13(12)16-14-17-19(15(20)21-14)11-18-9-5-2-6-10-18/h3-4,7-8H,2,5-6,9-11H2,1H3,(H,16,17). The highest BCUT2D eigenvalue weighted by Crippen LogP contribution is 2.23. The molecule has 21 heavy (non-hydrogen) atoms. The van der Waals surface area contributed by atoms with Gasteiger partial charge >= 0.3 is 0 Å². The summed E-state index contributed by atoms with van der Waals surface area (Å²) in [5, 5.41) is 8.86. The van der Waals surface area contributed by atoms with E-state index in [9.17, 15) is 0 Å². The van der Waals surface area contributed by atoms with Crippen molar-refractivity contribution >= 4 is 34.4 Å². The van der Waals surface area contributed by atoms with E-state index in [-0.39, 0.29) is 0 Å². The average molecular weight is 320 g/mol. The van der Waals surface area contributed by atoms with E-state index in [1.807, 2.05) is 16.8 Å². The van der Waals surface area contributed by atoms with Crippen molar-refractivity contribution in [3.05, 3.63) is 33.8 Å². The Balaban J connectivity index is 1.72. The van der Waals surface area contributed by atoms with E-state index >= 15 is 0 Å². The monoisotopic (exact) mass is 320 g/mol. The Morgan fingerprint density at radius 3 is 2.76 bits per heavy atom. The molecule has 4 nitrogen and oxygen atoms in total. The summed E-state index contributed by atoms with van der Waals surface area (Å²) in [6.45, 7) is 5.21. The van der Waals surface area contributed by atoms with Crippen LogP contribution < -0.4 is 5.32 Å². The third-order valence-corrected chi connectivity index (χ3v) is 5.00. The van der Waals surface area contributed by atoms with E-state index in [4.69, 9.17) is 12.2 Å². The van der Waals surface area contributed by atoms with Crippen molar-refractivity contribution in [2.24, 2.45) is 0 Å². The van der Waals surface area contributed by atoms with Gasteiger partial charge in [-0.3, -0.25) is 4.90 Å². The van der Waals surface area contributed by atoms with Crippen LogP contribution in [-0.2, 0) is 6.67 Å². The lowest BCUT2D eigenvalue weighted by atomic mass is 10.1. The molecular formula is C15H20N4S2. The molecule has 0 amide bonds. The molecule has 2 heterocycles. The summed E-state index contributed by atoms with van der Waals surface area (Å²) in [6.07, 6.45) is 3.91. The van der Waals surface area contributed by atoms with Gasteiger partial charge in [0.2, 0.25) is 5.13 Å². The molecule has 1 N–H and O–H groups in total. The minimum absolute atomic E-state index is 0.810. The fraction of sp³-hybridized carbons (Fsp3) is 0.467. The Morgan fingerprint density at radius 1 is 1.24 bits per heavy atom. The largest absolute Gasteiger partial charge is 0.330 e. The molecule has 1 saturated heterocycles. The first-order valence-electron chi connectivity index (χ1n) is 7.35. The summed E-state index contributed by atoms with van der Waals surface area (Å²) in [4.78, 5) is 2.43. The molecule has 0 saturated carbocycles. The van der Waals surface area contributed by atoms with Gasteiger partial charge in [-0.05, 0) is 56.7 Å². The Labute approximate surface area is 134 Å². The van der Waals surface area contributed by atoms with Gasteiger partial charge in [0, 0.05) is 5.69 Å². The molecule has 6 heteroatoms. The fourth-order valence-electron chi connectivity index (χ4n) is 2.56. The van der Waals surface area contributed by atoms with Crippen LogP contribution in [0.25, 0.3) is 0 Å². The smallest absolute Gasteiger partial charge is 0.209 e. The summed E-state index contributed by atoms with van der Waals surface area (Å²) < 4.78 is 2.77. The Bertz CT molecular complexity index is 656. The molecule has 1 fully saturated rings. The van der Waals surface area contributed by atoms with Crippen LogP contribution in [0.4, 0.5) is 10.8 Å². The number of hydrogen-bond donors (Lipinski definition) is 1. The van der Waals surface area contributed by atoms with Crippen LogP contribution in [0, 0.1) is 10.9 Å². The van der Waals surface area contributed by atoms with E-state index < -0.39 is 0 Å². The van der Waals surface area contributed by atoms with Gasteiger partial charge in [0.25, 0.3) is 0 Å². The van der Waals surface area contributed by atoms with Crippen LogP contribution in [0.3, 0.4) is 0 Å². The van der Waals surface area contributed by atoms with Crippen LogP contribution in [0.1, 0.15) is 24.8 Å². The first kappa shape index (κ1) is 14.7. The van der Waals surface area contributed by atoms with Crippen molar-refractivity contribution in [2.45, 2.75) is 32.9 Å². The number of anilines is 2. The number of aromatic nitrogens is 2. The number of nitrogens with one attached hydrogen (secondary N) is 1. The molecule has 0 aliphatic carbocycles. The maximum Gasteiger partial charge on any atom is 0.209 e. The van der Waals surface area contributed by atoms with Gasteiger partial charge in [0.05, 0.1) is 6.67 Å². The van der Waals surface area contributed by atoms with Crippen LogP contribution in [0.15, 0.2) is 24.3 Å². The van der Waals surface area contributed by atoms with Gasteiger partial charge in [-0.1, -0.05) is 36.0 Å². The zero-order valence-corrected chi connectivity index (χ0v) is 13.8. The summed E-state index contributed by atoms with van der Waals surface area (Å²) in [6, 6.07) is 8.22. The lowest BCUT2D eigenvalue weighted by Gasteiger charge is -2.25. The highest BCUT2D eigenvalue weighted by atomic mass is 32.1. The second-order valence-electron chi connectivity index (χ2n) is 5.43. The topological polar surface area (TPSA) is 33.1 Å². The second-order valence-corrected chi connectivity index (χ2v) is 7.06. The number of piperidine rings is 1. The van der Waals surface area contributed by atoms with Crippen LogP contribution in [0.2, 0.25) is 0 Å². The fourth-order valence-corrected chi connectivity index (χ4v) is 3.57.